The minimum absolute atomic E-state index is 0.0169. The third-order valence-electron chi connectivity index (χ3n) is 1.36. The van der Waals surface area contributed by atoms with Crippen molar-refractivity contribution in [3.05, 3.63) is 29.8 Å². The number of aldehydes is 1. The van der Waals surface area contributed by atoms with Gasteiger partial charge in [0.2, 0.25) is 0 Å². The highest BCUT2D eigenvalue weighted by molar-refractivity contribution is 5.78. The summed E-state index contributed by atoms with van der Waals surface area (Å²) in [7, 11) is 0. The lowest BCUT2D eigenvalue weighted by Gasteiger charge is -2.09. The Kier molecular flexibility index (Phi) is 3.11. The molecule has 75 valence electrons. The Morgan fingerprint density at radius 1 is 1.50 bits per heavy atom. The first-order chi connectivity index (χ1) is 6.53. The smallest absolute Gasteiger partial charge is 0.422 e. The summed E-state index contributed by atoms with van der Waals surface area (Å²) in [4.78, 5) is 10.4. The van der Waals surface area contributed by atoms with E-state index in [4.69, 9.17) is 0 Å². The minimum Gasteiger partial charge on any atom is -0.483 e. The van der Waals surface area contributed by atoms with Gasteiger partial charge in [-0.1, -0.05) is 12.1 Å². The molecule has 1 aromatic carbocycles. The van der Waals surface area contributed by atoms with Crippen LogP contribution < -0.4 is 4.74 Å². The number of hydrogen-bond donors (Lipinski definition) is 0. The summed E-state index contributed by atoms with van der Waals surface area (Å²) < 4.78 is 39.7. The maximum absolute atomic E-state index is 11.8. The van der Waals surface area contributed by atoms with Gasteiger partial charge < -0.3 is 4.74 Å². The lowest BCUT2D eigenvalue weighted by molar-refractivity contribution is -0.153. The van der Waals surface area contributed by atoms with E-state index in [1.807, 2.05) is 0 Å². The molecule has 0 bridgehead atoms. The topological polar surface area (TPSA) is 26.3 Å². The predicted octanol–water partition coefficient (Wildman–Crippen LogP) is 2.24. The maximum atomic E-state index is 11.8. The summed E-state index contributed by atoms with van der Waals surface area (Å²) in [5.41, 5.74) is -0.0169. The van der Waals surface area contributed by atoms with Crippen molar-refractivity contribution in [3.63, 3.8) is 0 Å². The van der Waals surface area contributed by atoms with Crippen molar-refractivity contribution in [2.24, 2.45) is 0 Å². The Morgan fingerprint density at radius 2 is 2.21 bits per heavy atom. The molecule has 0 spiro atoms. The van der Waals surface area contributed by atoms with Gasteiger partial charge in [-0.15, -0.1) is 0 Å². The molecular formula is C9H6F3O2. The van der Waals surface area contributed by atoms with Crippen LogP contribution in [0.3, 0.4) is 0 Å². The zero-order valence-corrected chi connectivity index (χ0v) is 6.97. The predicted molar refractivity (Wildman–Crippen MR) is 42.2 cm³/mol. The van der Waals surface area contributed by atoms with E-state index in [0.29, 0.717) is 6.29 Å². The molecule has 5 heteroatoms. The Labute approximate surface area is 78.3 Å². The van der Waals surface area contributed by atoms with Gasteiger partial charge in [0.15, 0.2) is 12.9 Å². The average molecular weight is 203 g/mol. The molecule has 2 nitrogen and oxygen atoms in total. The second kappa shape index (κ2) is 4.13. The van der Waals surface area contributed by atoms with Gasteiger partial charge in [0.1, 0.15) is 5.75 Å². The van der Waals surface area contributed by atoms with E-state index in [9.17, 15) is 18.0 Å². The van der Waals surface area contributed by atoms with Gasteiger partial charge in [-0.3, -0.25) is 4.79 Å². The van der Waals surface area contributed by atoms with Crippen LogP contribution in [0, 0.1) is 6.07 Å². The van der Waals surface area contributed by atoms with Crippen molar-refractivity contribution in [2.75, 3.05) is 6.61 Å². The van der Waals surface area contributed by atoms with Crippen LogP contribution in [-0.4, -0.2) is 19.1 Å². The molecule has 0 aliphatic carbocycles. The molecule has 0 aliphatic rings. The zero-order valence-electron chi connectivity index (χ0n) is 6.97. The van der Waals surface area contributed by atoms with Crippen LogP contribution in [0.15, 0.2) is 18.2 Å². The summed E-state index contributed by atoms with van der Waals surface area (Å²) in [5.74, 6) is -0.111. The molecule has 0 unspecified atom stereocenters. The molecule has 1 aromatic rings. The number of halogens is 3. The van der Waals surface area contributed by atoms with Crippen molar-refractivity contribution < 1.29 is 22.7 Å². The summed E-state index contributed by atoms with van der Waals surface area (Å²) in [6, 6.07) is 6.61. The number of rotatable bonds is 3. The standard InChI is InChI=1S/C9H6F3O2/c10-9(11,12)6-14-8-4-2-1-3-7(8)5-13/h1-2,4-5H,6H2. The van der Waals surface area contributed by atoms with Crippen LogP contribution in [0.4, 0.5) is 13.2 Å². The third kappa shape index (κ3) is 3.08. The fraction of sp³-hybridized carbons (Fsp3) is 0.222. The first-order valence-electron chi connectivity index (χ1n) is 3.68. The second-order valence-electron chi connectivity index (χ2n) is 2.47. The van der Waals surface area contributed by atoms with Crippen LogP contribution >= 0.6 is 0 Å². The highest BCUT2D eigenvalue weighted by Crippen LogP contribution is 2.20. The monoisotopic (exact) mass is 203 g/mol. The van der Waals surface area contributed by atoms with Crippen LogP contribution in [0.1, 0.15) is 10.4 Å². The Balaban J connectivity index is 2.71. The highest BCUT2D eigenvalue weighted by atomic mass is 19.4. The van der Waals surface area contributed by atoms with Crippen LogP contribution in [0.2, 0.25) is 0 Å². The number of ether oxygens (including phenoxy) is 1. The molecule has 0 heterocycles. The number of carbonyl (C=O) groups is 1. The number of alkyl halides is 3. The SMILES string of the molecule is O=Cc1[c]cccc1OCC(F)(F)F. The van der Waals surface area contributed by atoms with E-state index < -0.39 is 12.8 Å². The molecule has 0 fully saturated rings. The Morgan fingerprint density at radius 3 is 2.79 bits per heavy atom. The Hall–Kier alpha value is -1.52. The molecule has 0 atom stereocenters. The van der Waals surface area contributed by atoms with Gasteiger partial charge in [0.25, 0.3) is 0 Å². The summed E-state index contributed by atoms with van der Waals surface area (Å²) in [5, 5.41) is 0. The van der Waals surface area contributed by atoms with E-state index in [-0.39, 0.29) is 11.3 Å². The molecule has 0 saturated heterocycles. The van der Waals surface area contributed by atoms with Gasteiger partial charge in [-0.2, -0.15) is 13.2 Å². The van der Waals surface area contributed by atoms with Crippen molar-refractivity contribution in [1.82, 2.24) is 0 Å². The van der Waals surface area contributed by atoms with Crippen molar-refractivity contribution in [3.8, 4) is 5.75 Å². The summed E-state index contributed by atoms with van der Waals surface area (Å²) in [6.07, 6.45) is -4.01. The molecule has 0 aromatic heterocycles. The zero-order chi connectivity index (χ0) is 10.6. The highest BCUT2D eigenvalue weighted by Gasteiger charge is 2.28. The number of hydrogen-bond acceptors (Lipinski definition) is 2. The van der Waals surface area contributed by atoms with Gasteiger partial charge in [-0.05, 0) is 12.1 Å². The molecular weight excluding hydrogens is 197 g/mol. The molecule has 0 N–H and O–H groups in total. The first kappa shape index (κ1) is 10.6. The number of carbonyl (C=O) groups excluding carboxylic acids is 1. The average Bonchev–Trinajstić information content (AvgIpc) is 2.14. The Bertz CT molecular complexity index is 320. The molecule has 0 amide bonds. The number of benzene rings is 1. The second-order valence-corrected chi connectivity index (χ2v) is 2.47. The first-order valence-corrected chi connectivity index (χ1v) is 3.68. The molecule has 14 heavy (non-hydrogen) atoms. The normalized spacial score (nSPS) is 11.1. The van der Waals surface area contributed by atoms with Crippen LogP contribution in [-0.2, 0) is 0 Å². The summed E-state index contributed by atoms with van der Waals surface area (Å²) in [6.45, 7) is -1.41. The fourth-order valence-corrected chi connectivity index (χ4v) is 0.812. The maximum Gasteiger partial charge on any atom is 0.422 e. The lowest BCUT2D eigenvalue weighted by atomic mass is 10.2. The van der Waals surface area contributed by atoms with Crippen molar-refractivity contribution in [2.45, 2.75) is 6.18 Å². The van der Waals surface area contributed by atoms with Crippen molar-refractivity contribution in [1.29, 1.82) is 0 Å². The minimum atomic E-state index is -4.41. The third-order valence-corrected chi connectivity index (χ3v) is 1.36. The van der Waals surface area contributed by atoms with Gasteiger partial charge >= 0.3 is 6.18 Å². The molecule has 0 aliphatic heterocycles. The quantitative estimate of drug-likeness (QED) is 0.704. The van der Waals surface area contributed by atoms with E-state index >= 15 is 0 Å². The molecule has 1 rings (SSSR count). The van der Waals surface area contributed by atoms with E-state index in [1.54, 1.807) is 0 Å². The van der Waals surface area contributed by atoms with E-state index in [2.05, 4.69) is 10.8 Å². The van der Waals surface area contributed by atoms with Crippen molar-refractivity contribution >= 4 is 6.29 Å². The van der Waals surface area contributed by atoms with Crippen LogP contribution in [0.5, 0.6) is 5.75 Å². The van der Waals surface area contributed by atoms with Gasteiger partial charge in [0.05, 0.1) is 5.56 Å². The molecule has 0 saturated carbocycles. The fourth-order valence-electron chi connectivity index (χ4n) is 0.812. The van der Waals surface area contributed by atoms with Gasteiger partial charge in [-0.25, -0.2) is 0 Å². The summed E-state index contributed by atoms with van der Waals surface area (Å²) >= 11 is 0. The van der Waals surface area contributed by atoms with Crippen LogP contribution in [0.25, 0.3) is 0 Å². The van der Waals surface area contributed by atoms with E-state index in [0.717, 1.165) is 0 Å². The lowest BCUT2D eigenvalue weighted by Crippen LogP contribution is -2.19. The largest absolute Gasteiger partial charge is 0.483 e. The van der Waals surface area contributed by atoms with E-state index in [1.165, 1.54) is 18.2 Å². The molecule has 1 radical (unpaired) electrons. The van der Waals surface area contributed by atoms with Gasteiger partial charge in [0, 0.05) is 0 Å².